The highest BCUT2D eigenvalue weighted by molar-refractivity contribution is 5.53. The third-order valence-electron chi connectivity index (χ3n) is 3.82. The maximum atomic E-state index is 4.43. The average Bonchev–Trinajstić information content (AvgIpc) is 2.43. The standard InChI is InChI=1S/C16H29N3/c1-6-14(7-2)12-19(8-3)16-9-13(4)18-11-15(16)10-17-5/h9,11,14,17H,6-8,10,12H2,1-5H3. The van der Waals surface area contributed by atoms with Gasteiger partial charge in [-0.3, -0.25) is 4.98 Å². The zero-order valence-electron chi connectivity index (χ0n) is 13.2. The molecule has 0 fully saturated rings. The Bertz CT molecular complexity index is 372. The molecule has 108 valence electrons. The lowest BCUT2D eigenvalue weighted by Crippen LogP contribution is -2.30. The van der Waals surface area contributed by atoms with E-state index in [9.17, 15) is 0 Å². The van der Waals surface area contributed by atoms with E-state index in [1.165, 1.54) is 24.1 Å². The van der Waals surface area contributed by atoms with Crippen LogP contribution in [0.4, 0.5) is 5.69 Å². The number of nitrogens with one attached hydrogen (secondary N) is 1. The molecule has 0 saturated heterocycles. The summed E-state index contributed by atoms with van der Waals surface area (Å²) in [6.45, 7) is 11.9. The van der Waals surface area contributed by atoms with Gasteiger partial charge in [0.15, 0.2) is 0 Å². The van der Waals surface area contributed by atoms with E-state index >= 15 is 0 Å². The fourth-order valence-electron chi connectivity index (χ4n) is 2.45. The Hall–Kier alpha value is -1.09. The Labute approximate surface area is 118 Å². The van der Waals surface area contributed by atoms with Crippen LogP contribution >= 0.6 is 0 Å². The van der Waals surface area contributed by atoms with Gasteiger partial charge >= 0.3 is 0 Å². The van der Waals surface area contributed by atoms with Crippen molar-refractivity contribution in [2.75, 3.05) is 25.0 Å². The second kappa shape index (κ2) is 8.16. The fourth-order valence-corrected chi connectivity index (χ4v) is 2.45. The van der Waals surface area contributed by atoms with Crippen LogP contribution < -0.4 is 10.2 Å². The third-order valence-corrected chi connectivity index (χ3v) is 3.82. The zero-order chi connectivity index (χ0) is 14.3. The van der Waals surface area contributed by atoms with Gasteiger partial charge in [0.2, 0.25) is 0 Å². The molecule has 1 N–H and O–H groups in total. The Morgan fingerprint density at radius 2 is 1.95 bits per heavy atom. The topological polar surface area (TPSA) is 28.2 Å². The number of anilines is 1. The Balaban J connectivity index is 2.98. The summed E-state index contributed by atoms with van der Waals surface area (Å²) in [6.07, 6.45) is 4.51. The van der Waals surface area contributed by atoms with Crippen molar-refractivity contribution in [2.45, 2.75) is 47.1 Å². The van der Waals surface area contributed by atoms with Crippen LogP contribution in [0.2, 0.25) is 0 Å². The number of pyridine rings is 1. The molecule has 1 aromatic heterocycles. The molecule has 0 bridgehead atoms. The minimum atomic E-state index is 0.774. The van der Waals surface area contributed by atoms with Gasteiger partial charge in [-0.1, -0.05) is 26.7 Å². The Morgan fingerprint density at radius 3 is 2.47 bits per heavy atom. The van der Waals surface area contributed by atoms with Crippen LogP contribution in [-0.4, -0.2) is 25.1 Å². The van der Waals surface area contributed by atoms with Gasteiger partial charge < -0.3 is 10.2 Å². The molecule has 0 aliphatic rings. The predicted molar refractivity (Wildman–Crippen MR) is 83.7 cm³/mol. The zero-order valence-corrected chi connectivity index (χ0v) is 13.2. The highest BCUT2D eigenvalue weighted by atomic mass is 15.1. The van der Waals surface area contributed by atoms with Gasteiger partial charge in [0, 0.05) is 42.8 Å². The van der Waals surface area contributed by atoms with Crippen LogP contribution in [0.3, 0.4) is 0 Å². The summed E-state index contributed by atoms with van der Waals surface area (Å²) in [5.41, 5.74) is 3.73. The van der Waals surface area contributed by atoms with E-state index in [1.54, 1.807) is 0 Å². The van der Waals surface area contributed by atoms with E-state index in [0.717, 1.165) is 31.2 Å². The molecule has 0 amide bonds. The summed E-state index contributed by atoms with van der Waals surface area (Å²) in [5.74, 6) is 0.774. The fraction of sp³-hybridized carbons (Fsp3) is 0.688. The van der Waals surface area contributed by atoms with Crippen LogP contribution in [-0.2, 0) is 6.54 Å². The van der Waals surface area contributed by atoms with Crippen molar-refractivity contribution < 1.29 is 0 Å². The molecule has 1 heterocycles. The number of aryl methyl sites for hydroxylation is 1. The number of rotatable bonds is 8. The van der Waals surface area contributed by atoms with Crippen molar-refractivity contribution in [3.05, 3.63) is 23.5 Å². The molecule has 0 unspecified atom stereocenters. The van der Waals surface area contributed by atoms with Gasteiger partial charge in [-0.15, -0.1) is 0 Å². The van der Waals surface area contributed by atoms with Crippen molar-refractivity contribution >= 4 is 5.69 Å². The predicted octanol–water partition coefficient (Wildman–Crippen LogP) is 3.37. The molecule has 0 aliphatic carbocycles. The smallest absolute Gasteiger partial charge is 0.0445 e. The summed E-state index contributed by atoms with van der Waals surface area (Å²) in [5, 5.41) is 3.24. The minimum Gasteiger partial charge on any atom is -0.371 e. The van der Waals surface area contributed by atoms with Crippen LogP contribution in [0.25, 0.3) is 0 Å². The summed E-state index contributed by atoms with van der Waals surface area (Å²) < 4.78 is 0. The van der Waals surface area contributed by atoms with Gasteiger partial charge in [0.05, 0.1) is 0 Å². The minimum absolute atomic E-state index is 0.774. The quantitative estimate of drug-likeness (QED) is 0.779. The molecule has 0 aromatic carbocycles. The molecule has 1 aromatic rings. The highest BCUT2D eigenvalue weighted by Crippen LogP contribution is 2.23. The lowest BCUT2D eigenvalue weighted by atomic mass is 10.0. The van der Waals surface area contributed by atoms with E-state index in [4.69, 9.17) is 0 Å². The maximum absolute atomic E-state index is 4.43. The number of aromatic nitrogens is 1. The maximum Gasteiger partial charge on any atom is 0.0445 e. The first-order valence-corrected chi connectivity index (χ1v) is 7.51. The van der Waals surface area contributed by atoms with Crippen LogP contribution in [0.5, 0.6) is 0 Å². The van der Waals surface area contributed by atoms with E-state index in [1.807, 2.05) is 13.2 Å². The first-order valence-electron chi connectivity index (χ1n) is 7.51. The molecule has 1 rings (SSSR count). The van der Waals surface area contributed by atoms with E-state index in [0.29, 0.717) is 0 Å². The van der Waals surface area contributed by atoms with Crippen molar-refractivity contribution in [3.63, 3.8) is 0 Å². The number of hydrogen-bond acceptors (Lipinski definition) is 3. The first kappa shape index (κ1) is 16.0. The summed E-state index contributed by atoms with van der Waals surface area (Å²) in [7, 11) is 1.99. The van der Waals surface area contributed by atoms with E-state index in [-0.39, 0.29) is 0 Å². The molecule has 19 heavy (non-hydrogen) atoms. The molecule has 3 nitrogen and oxygen atoms in total. The summed E-state index contributed by atoms with van der Waals surface area (Å²) in [6, 6.07) is 2.22. The molecule has 0 saturated carbocycles. The average molecular weight is 263 g/mol. The number of hydrogen-bond donors (Lipinski definition) is 1. The van der Waals surface area contributed by atoms with Gasteiger partial charge in [0.1, 0.15) is 0 Å². The highest BCUT2D eigenvalue weighted by Gasteiger charge is 2.14. The molecule has 3 heteroatoms. The summed E-state index contributed by atoms with van der Waals surface area (Å²) in [4.78, 5) is 6.93. The normalized spacial score (nSPS) is 11.1. The first-order chi connectivity index (χ1) is 9.15. The largest absolute Gasteiger partial charge is 0.371 e. The van der Waals surface area contributed by atoms with E-state index < -0.39 is 0 Å². The van der Waals surface area contributed by atoms with Gasteiger partial charge in [-0.2, -0.15) is 0 Å². The Kier molecular flexibility index (Phi) is 6.85. The van der Waals surface area contributed by atoms with Crippen molar-refractivity contribution in [1.82, 2.24) is 10.3 Å². The molecule has 0 aliphatic heterocycles. The van der Waals surface area contributed by atoms with Crippen LogP contribution in [0.15, 0.2) is 12.3 Å². The molecule has 0 spiro atoms. The van der Waals surface area contributed by atoms with Gasteiger partial charge in [0.25, 0.3) is 0 Å². The lowest BCUT2D eigenvalue weighted by molar-refractivity contribution is 0.485. The van der Waals surface area contributed by atoms with Crippen LogP contribution in [0, 0.1) is 12.8 Å². The van der Waals surface area contributed by atoms with Crippen molar-refractivity contribution in [3.8, 4) is 0 Å². The van der Waals surface area contributed by atoms with Crippen molar-refractivity contribution in [2.24, 2.45) is 5.92 Å². The monoisotopic (exact) mass is 263 g/mol. The Morgan fingerprint density at radius 1 is 1.26 bits per heavy atom. The van der Waals surface area contributed by atoms with E-state index in [2.05, 4.69) is 49.0 Å². The van der Waals surface area contributed by atoms with Gasteiger partial charge in [-0.25, -0.2) is 0 Å². The number of nitrogens with zero attached hydrogens (tertiary/aromatic N) is 2. The van der Waals surface area contributed by atoms with Crippen LogP contribution in [0.1, 0.15) is 44.9 Å². The van der Waals surface area contributed by atoms with Crippen molar-refractivity contribution in [1.29, 1.82) is 0 Å². The molecule has 0 atom stereocenters. The summed E-state index contributed by atoms with van der Waals surface area (Å²) >= 11 is 0. The molecular weight excluding hydrogens is 234 g/mol. The third kappa shape index (κ3) is 4.50. The second-order valence-electron chi connectivity index (χ2n) is 5.21. The SMILES string of the molecule is CCC(CC)CN(CC)c1cc(C)ncc1CNC. The second-order valence-corrected chi connectivity index (χ2v) is 5.21. The molecule has 0 radical (unpaired) electrons. The lowest BCUT2D eigenvalue weighted by Gasteiger charge is -2.29. The van der Waals surface area contributed by atoms with Gasteiger partial charge in [-0.05, 0) is 32.9 Å². The molecular formula is C16H29N3.